The van der Waals surface area contributed by atoms with Crippen LogP contribution < -0.4 is 4.74 Å². The van der Waals surface area contributed by atoms with Gasteiger partial charge in [0.25, 0.3) is 0 Å². The first-order valence-corrected chi connectivity index (χ1v) is 9.24. The Labute approximate surface area is 152 Å². The summed E-state index contributed by atoms with van der Waals surface area (Å²) >= 11 is 12.7. The molecule has 2 aliphatic rings. The summed E-state index contributed by atoms with van der Waals surface area (Å²) in [6.07, 6.45) is 4.21. The summed E-state index contributed by atoms with van der Waals surface area (Å²) in [5.74, 6) is 0.926. The number of hydrogen-bond donors (Lipinski definition) is 1. The van der Waals surface area contributed by atoms with Crippen LogP contribution in [0.2, 0.25) is 10.0 Å². The predicted octanol–water partition coefficient (Wildman–Crippen LogP) is 3.70. The van der Waals surface area contributed by atoms with E-state index < -0.39 is 0 Å². The summed E-state index contributed by atoms with van der Waals surface area (Å²) in [5.41, 5.74) is 0.844. The molecule has 1 aliphatic heterocycles. The number of hydrogen-bond acceptors (Lipinski definition) is 3. The minimum Gasteiger partial charge on any atom is -0.497 e. The lowest BCUT2D eigenvalue weighted by molar-refractivity contribution is -0.131. The fraction of sp³-hybridized carbons (Fsp3) is 0.611. The van der Waals surface area contributed by atoms with Gasteiger partial charge in [-0.2, -0.15) is 0 Å². The van der Waals surface area contributed by atoms with E-state index in [1.165, 1.54) is 0 Å². The van der Waals surface area contributed by atoms with Gasteiger partial charge in [0.2, 0.25) is 5.91 Å². The Hall–Kier alpha value is -0.970. The molecular formula is C18H23Cl2NO3. The van der Waals surface area contributed by atoms with E-state index in [-0.39, 0.29) is 24.0 Å². The zero-order valence-corrected chi connectivity index (χ0v) is 15.3. The van der Waals surface area contributed by atoms with Gasteiger partial charge in [0.05, 0.1) is 13.2 Å². The molecule has 0 bridgehead atoms. The molecule has 1 aromatic carbocycles. The predicted molar refractivity (Wildman–Crippen MR) is 94.8 cm³/mol. The third kappa shape index (κ3) is 3.66. The van der Waals surface area contributed by atoms with E-state index in [9.17, 15) is 9.90 Å². The van der Waals surface area contributed by atoms with Crippen LogP contribution in [0.1, 0.15) is 37.7 Å². The lowest BCUT2D eigenvalue weighted by Crippen LogP contribution is -2.43. The van der Waals surface area contributed by atoms with E-state index in [0.29, 0.717) is 35.1 Å². The van der Waals surface area contributed by atoms with Crippen molar-refractivity contribution >= 4 is 29.1 Å². The first-order valence-electron chi connectivity index (χ1n) is 8.49. The molecule has 6 heteroatoms. The number of rotatable bonds is 4. The summed E-state index contributed by atoms with van der Waals surface area (Å²) < 4.78 is 5.18. The van der Waals surface area contributed by atoms with Gasteiger partial charge in [-0.25, -0.2) is 0 Å². The molecule has 3 rings (SSSR count). The summed E-state index contributed by atoms with van der Waals surface area (Å²) in [7, 11) is 1.57. The second kappa shape index (κ2) is 7.51. The molecule has 1 N–H and O–H groups in total. The zero-order chi connectivity index (χ0) is 17.3. The van der Waals surface area contributed by atoms with Gasteiger partial charge in [0.1, 0.15) is 5.75 Å². The molecule has 4 nitrogen and oxygen atoms in total. The molecule has 0 spiro atoms. The fourth-order valence-corrected chi connectivity index (χ4v) is 4.56. The first-order chi connectivity index (χ1) is 11.5. The van der Waals surface area contributed by atoms with Crippen LogP contribution >= 0.6 is 23.2 Å². The number of benzene rings is 1. The van der Waals surface area contributed by atoms with Gasteiger partial charge in [-0.05, 0) is 55.7 Å². The van der Waals surface area contributed by atoms with E-state index >= 15 is 0 Å². The highest BCUT2D eigenvalue weighted by Gasteiger charge is 2.36. The summed E-state index contributed by atoms with van der Waals surface area (Å²) in [5, 5.41) is 11.5. The SMILES string of the molecule is COc1cc(Cl)c(CC2CC(N3CCCC3=O)CCC2O)c(Cl)c1. The third-order valence-corrected chi connectivity index (χ3v) is 5.96. The largest absolute Gasteiger partial charge is 0.497 e. The maximum absolute atomic E-state index is 12.0. The molecular weight excluding hydrogens is 349 g/mol. The number of amides is 1. The van der Waals surface area contributed by atoms with Gasteiger partial charge in [0.15, 0.2) is 0 Å². The number of methoxy groups -OCH3 is 1. The Morgan fingerprint density at radius 2 is 2.00 bits per heavy atom. The van der Waals surface area contributed by atoms with Gasteiger partial charge in [-0.1, -0.05) is 23.2 Å². The topological polar surface area (TPSA) is 49.8 Å². The van der Waals surface area contributed by atoms with Gasteiger partial charge in [0, 0.05) is 29.1 Å². The van der Waals surface area contributed by atoms with Crippen molar-refractivity contribution in [1.29, 1.82) is 0 Å². The van der Waals surface area contributed by atoms with Crippen molar-refractivity contribution in [2.75, 3.05) is 13.7 Å². The normalized spacial score (nSPS) is 27.6. The number of likely N-dealkylation sites (tertiary alicyclic amines) is 1. The average Bonchev–Trinajstić information content (AvgIpc) is 2.98. The Kier molecular flexibility index (Phi) is 5.58. The maximum atomic E-state index is 12.0. The third-order valence-electron chi connectivity index (χ3n) is 5.28. The summed E-state index contributed by atoms with van der Waals surface area (Å²) in [6.45, 7) is 0.844. The van der Waals surface area contributed by atoms with Crippen LogP contribution in [0.25, 0.3) is 0 Å². The molecule has 1 amide bonds. The van der Waals surface area contributed by atoms with Crippen LogP contribution in [0.3, 0.4) is 0 Å². The van der Waals surface area contributed by atoms with Crippen LogP contribution in [0.4, 0.5) is 0 Å². The van der Waals surface area contributed by atoms with Crippen LogP contribution in [-0.2, 0) is 11.2 Å². The highest BCUT2D eigenvalue weighted by atomic mass is 35.5. The van der Waals surface area contributed by atoms with Gasteiger partial charge < -0.3 is 14.7 Å². The van der Waals surface area contributed by atoms with E-state index in [1.54, 1.807) is 19.2 Å². The number of nitrogens with zero attached hydrogens (tertiary/aromatic N) is 1. The Morgan fingerprint density at radius 1 is 1.29 bits per heavy atom. The van der Waals surface area contributed by atoms with E-state index in [4.69, 9.17) is 27.9 Å². The van der Waals surface area contributed by atoms with Crippen molar-refractivity contribution in [2.45, 2.75) is 50.7 Å². The molecule has 132 valence electrons. The number of aliphatic hydroxyl groups is 1. The molecule has 24 heavy (non-hydrogen) atoms. The fourth-order valence-electron chi connectivity index (χ4n) is 3.94. The molecule has 1 saturated heterocycles. The van der Waals surface area contributed by atoms with Crippen LogP contribution in [0.5, 0.6) is 5.75 Å². The summed E-state index contributed by atoms with van der Waals surface area (Å²) in [6, 6.07) is 3.73. The monoisotopic (exact) mass is 371 g/mol. The molecule has 2 fully saturated rings. The molecule has 1 aromatic rings. The van der Waals surface area contributed by atoms with Crippen molar-refractivity contribution in [3.8, 4) is 5.75 Å². The molecule has 3 unspecified atom stereocenters. The minimum atomic E-state index is -0.381. The molecule has 3 atom stereocenters. The summed E-state index contributed by atoms with van der Waals surface area (Å²) in [4.78, 5) is 14.0. The highest BCUT2D eigenvalue weighted by Crippen LogP contribution is 2.37. The van der Waals surface area contributed by atoms with Crippen molar-refractivity contribution < 1.29 is 14.6 Å². The van der Waals surface area contributed by atoms with Crippen LogP contribution in [-0.4, -0.2) is 41.7 Å². The number of aliphatic hydroxyl groups excluding tert-OH is 1. The maximum Gasteiger partial charge on any atom is 0.222 e. The second-order valence-electron chi connectivity index (χ2n) is 6.76. The van der Waals surface area contributed by atoms with Crippen molar-refractivity contribution in [3.63, 3.8) is 0 Å². The molecule has 1 heterocycles. The van der Waals surface area contributed by atoms with Gasteiger partial charge >= 0.3 is 0 Å². The molecule has 1 aliphatic carbocycles. The van der Waals surface area contributed by atoms with Gasteiger partial charge in [-0.3, -0.25) is 4.79 Å². The number of carbonyl (C=O) groups excluding carboxylic acids is 1. The van der Waals surface area contributed by atoms with E-state index in [0.717, 1.165) is 31.4 Å². The standard InChI is InChI=1S/C18H23Cl2NO3/c1-24-13-9-15(19)14(16(20)10-13)8-11-7-12(4-5-17(11)22)21-6-2-3-18(21)23/h9-12,17,22H,2-8H2,1H3. The Morgan fingerprint density at radius 3 is 2.58 bits per heavy atom. The lowest BCUT2D eigenvalue weighted by atomic mass is 9.79. The second-order valence-corrected chi connectivity index (χ2v) is 7.57. The Balaban J connectivity index is 1.74. The molecule has 0 radical (unpaired) electrons. The zero-order valence-electron chi connectivity index (χ0n) is 13.8. The van der Waals surface area contributed by atoms with E-state index in [2.05, 4.69) is 0 Å². The van der Waals surface area contributed by atoms with Crippen LogP contribution in [0.15, 0.2) is 12.1 Å². The first kappa shape index (κ1) is 17.8. The number of ether oxygens (including phenoxy) is 1. The minimum absolute atomic E-state index is 0.0561. The van der Waals surface area contributed by atoms with Crippen LogP contribution in [0, 0.1) is 5.92 Å². The Bertz CT molecular complexity index is 599. The van der Waals surface area contributed by atoms with Crippen molar-refractivity contribution in [2.24, 2.45) is 5.92 Å². The smallest absolute Gasteiger partial charge is 0.222 e. The van der Waals surface area contributed by atoms with E-state index in [1.807, 2.05) is 4.90 Å². The molecule has 0 aromatic heterocycles. The number of carbonyl (C=O) groups is 1. The van der Waals surface area contributed by atoms with Crippen molar-refractivity contribution in [1.82, 2.24) is 4.90 Å². The average molecular weight is 372 g/mol. The van der Waals surface area contributed by atoms with Crippen molar-refractivity contribution in [3.05, 3.63) is 27.7 Å². The lowest BCUT2D eigenvalue weighted by Gasteiger charge is -2.38. The highest BCUT2D eigenvalue weighted by molar-refractivity contribution is 6.36. The quantitative estimate of drug-likeness (QED) is 0.877. The van der Waals surface area contributed by atoms with Gasteiger partial charge in [-0.15, -0.1) is 0 Å². The number of halogens is 2. The molecule has 1 saturated carbocycles.